The van der Waals surface area contributed by atoms with E-state index in [2.05, 4.69) is 15.4 Å². The molecule has 0 radical (unpaired) electrons. The van der Waals surface area contributed by atoms with Crippen LogP contribution in [0.2, 0.25) is 0 Å². The van der Waals surface area contributed by atoms with Crippen molar-refractivity contribution in [3.63, 3.8) is 0 Å². The molecular weight excluding hydrogens is 376 g/mol. The number of hydrogen-bond donors (Lipinski definition) is 1. The maximum absolute atomic E-state index is 13.0. The fourth-order valence-corrected chi connectivity index (χ4v) is 3.28. The SMILES string of the molecule is COc1ccc([C@H](NC(=O)c2ccc(Cn3cncn3)cc2)c2ccccc2)cc1. The number of benzene rings is 3. The van der Waals surface area contributed by atoms with Crippen molar-refractivity contribution in [2.75, 3.05) is 7.11 Å². The standard InChI is InChI=1S/C24H22N4O2/c1-30-22-13-11-20(12-14-22)23(19-5-3-2-4-6-19)27-24(29)21-9-7-18(8-10-21)15-28-17-25-16-26-28/h2-14,16-17,23H,15H2,1H3,(H,27,29)/t23-/m1/s1. The van der Waals surface area contributed by atoms with Gasteiger partial charge in [-0.3, -0.25) is 4.79 Å². The molecule has 6 heteroatoms. The average Bonchev–Trinajstić information content (AvgIpc) is 3.31. The maximum atomic E-state index is 13.0. The summed E-state index contributed by atoms with van der Waals surface area (Å²) in [5.74, 6) is 0.645. The van der Waals surface area contributed by atoms with Gasteiger partial charge < -0.3 is 10.1 Å². The van der Waals surface area contributed by atoms with Crippen LogP contribution in [0.1, 0.15) is 33.1 Å². The number of nitrogens with zero attached hydrogens (tertiary/aromatic N) is 3. The Morgan fingerprint density at radius 2 is 1.67 bits per heavy atom. The zero-order chi connectivity index (χ0) is 20.8. The molecule has 4 rings (SSSR count). The second-order valence-electron chi connectivity index (χ2n) is 6.88. The van der Waals surface area contributed by atoms with Gasteiger partial charge in [-0.05, 0) is 41.0 Å². The summed E-state index contributed by atoms with van der Waals surface area (Å²) in [7, 11) is 1.64. The molecule has 1 heterocycles. The summed E-state index contributed by atoms with van der Waals surface area (Å²) in [5.41, 5.74) is 3.65. The lowest BCUT2D eigenvalue weighted by Crippen LogP contribution is -2.29. The molecule has 0 unspecified atom stereocenters. The van der Waals surface area contributed by atoms with Crippen molar-refractivity contribution in [2.24, 2.45) is 0 Å². The minimum atomic E-state index is -0.264. The third kappa shape index (κ3) is 4.55. The molecule has 0 bridgehead atoms. The highest BCUT2D eigenvalue weighted by Crippen LogP contribution is 2.24. The molecule has 1 N–H and O–H groups in total. The van der Waals surface area contributed by atoms with Gasteiger partial charge in [0.05, 0.1) is 19.7 Å². The first kappa shape index (κ1) is 19.4. The average molecular weight is 398 g/mol. The number of hydrogen-bond acceptors (Lipinski definition) is 4. The molecule has 3 aromatic carbocycles. The highest BCUT2D eigenvalue weighted by molar-refractivity contribution is 5.94. The Bertz CT molecular complexity index is 1080. The van der Waals surface area contributed by atoms with Crippen LogP contribution in [0.25, 0.3) is 0 Å². The summed E-state index contributed by atoms with van der Waals surface area (Å²) in [4.78, 5) is 16.9. The summed E-state index contributed by atoms with van der Waals surface area (Å²) in [6, 6.07) is 24.9. The summed E-state index contributed by atoms with van der Waals surface area (Å²) < 4.78 is 7.00. The predicted molar refractivity (Wildman–Crippen MR) is 114 cm³/mol. The molecule has 1 amide bonds. The largest absolute Gasteiger partial charge is 0.497 e. The highest BCUT2D eigenvalue weighted by atomic mass is 16.5. The number of amides is 1. The van der Waals surface area contributed by atoms with E-state index in [0.717, 1.165) is 22.4 Å². The molecule has 0 aliphatic rings. The zero-order valence-electron chi connectivity index (χ0n) is 16.6. The van der Waals surface area contributed by atoms with Crippen molar-refractivity contribution in [3.8, 4) is 5.75 Å². The first-order chi connectivity index (χ1) is 14.7. The summed E-state index contributed by atoms with van der Waals surface area (Å²) >= 11 is 0. The first-order valence-electron chi connectivity index (χ1n) is 9.64. The minimum Gasteiger partial charge on any atom is -0.497 e. The number of carbonyl (C=O) groups is 1. The van der Waals surface area contributed by atoms with Crippen molar-refractivity contribution >= 4 is 5.91 Å². The number of ether oxygens (including phenoxy) is 1. The molecule has 0 saturated carbocycles. The Labute approximate surface area is 175 Å². The Morgan fingerprint density at radius 1 is 0.967 bits per heavy atom. The van der Waals surface area contributed by atoms with Gasteiger partial charge in [-0.25, -0.2) is 9.67 Å². The number of methoxy groups -OCH3 is 1. The topological polar surface area (TPSA) is 69.0 Å². The number of nitrogens with one attached hydrogen (secondary N) is 1. The first-order valence-corrected chi connectivity index (χ1v) is 9.64. The van der Waals surface area contributed by atoms with Gasteiger partial charge in [0.15, 0.2) is 0 Å². The quantitative estimate of drug-likeness (QED) is 0.513. The zero-order valence-corrected chi connectivity index (χ0v) is 16.6. The summed E-state index contributed by atoms with van der Waals surface area (Å²) in [6.07, 6.45) is 3.17. The van der Waals surface area contributed by atoms with E-state index in [0.29, 0.717) is 12.1 Å². The lowest BCUT2D eigenvalue weighted by molar-refractivity contribution is 0.0943. The van der Waals surface area contributed by atoms with E-state index in [9.17, 15) is 4.79 Å². The number of aromatic nitrogens is 3. The van der Waals surface area contributed by atoms with Crippen LogP contribution >= 0.6 is 0 Å². The van der Waals surface area contributed by atoms with Crippen molar-refractivity contribution in [1.82, 2.24) is 20.1 Å². The molecule has 4 aromatic rings. The lowest BCUT2D eigenvalue weighted by atomic mass is 9.98. The molecule has 0 saturated heterocycles. The molecule has 150 valence electrons. The molecular formula is C24H22N4O2. The Morgan fingerprint density at radius 3 is 2.30 bits per heavy atom. The number of carbonyl (C=O) groups excluding carboxylic acids is 1. The van der Waals surface area contributed by atoms with Crippen LogP contribution in [-0.2, 0) is 6.54 Å². The Hall–Kier alpha value is -3.93. The van der Waals surface area contributed by atoms with Gasteiger partial charge in [-0.2, -0.15) is 5.10 Å². The molecule has 0 aliphatic heterocycles. The van der Waals surface area contributed by atoms with Gasteiger partial charge in [-0.1, -0.05) is 54.6 Å². The van der Waals surface area contributed by atoms with Gasteiger partial charge in [0.1, 0.15) is 18.4 Å². The predicted octanol–water partition coefficient (Wildman–Crippen LogP) is 3.85. The van der Waals surface area contributed by atoms with Crippen molar-refractivity contribution < 1.29 is 9.53 Å². The third-order valence-corrected chi connectivity index (χ3v) is 4.88. The fourth-order valence-electron chi connectivity index (χ4n) is 3.28. The monoisotopic (exact) mass is 398 g/mol. The molecule has 0 fully saturated rings. The van der Waals surface area contributed by atoms with E-state index in [1.807, 2.05) is 78.9 Å². The van der Waals surface area contributed by atoms with E-state index in [4.69, 9.17) is 4.74 Å². The van der Waals surface area contributed by atoms with Gasteiger partial charge in [0.2, 0.25) is 0 Å². The summed E-state index contributed by atoms with van der Waals surface area (Å²) in [6.45, 7) is 0.611. The van der Waals surface area contributed by atoms with E-state index in [1.54, 1.807) is 18.1 Å². The van der Waals surface area contributed by atoms with E-state index in [-0.39, 0.29) is 11.9 Å². The van der Waals surface area contributed by atoms with Gasteiger partial charge in [-0.15, -0.1) is 0 Å². The maximum Gasteiger partial charge on any atom is 0.252 e. The molecule has 0 spiro atoms. The second kappa shape index (κ2) is 9.05. The lowest BCUT2D eigenvalue weighted by Gasteiger charge is -2.20. The fraction of sp³-hybridized carbons (Fsp3) is 0.125. The molecule has 1 atom stereocenters. The second-order valence-corrected chi connectivity index (χ2v) is 6.88. The Kier molecular flexibility index (Phi) is 5.85. The van der Waals surface area contributed by atoms with Crippen molar-refractivity contribution in [3.05, 3.63) is 114 Å². The normalized spacial score (nSPS) is 11.6. The smallest absolute Gasteiger partial charge is 0.252 e. The van der Waals surface area contributed by atoms with Crippen LogP contribution in [0.3, 0.4) is 0 Å². The molecule has 6 nitrogen and oxygen atoms in total. The van der Waals surface area contributed by atoms with Gasteiger partial charge in [0.25, 0.3) is 5.91 Å². The van der Waals surface area contributed by atoms with E-state index < -0.39 is 0 Å². The number of rotatable bonds is 7. The molecule has 1 aromatic heterocycles. The van der Waals surface area contributed by atoms with Crippen LogP contribution in [0.5, 0.6) is 5.75 Å². The van der Waals surface area contributed by atoms with Crippen LogP contribution in [0.4, 0.5) is 0 Å². The van der Waals surface area contributed by atoms with Crippen LogP contribution < -0.4 is 10.1 Å². The van der Waals surface area contributed by atoms with Gasteiger partial charge in [0, 0.05) is 5.56 Å². The summed E-state index contributed by atoms with van der Waals surface area (Å²) in [5, 5.41) is 7.27. The van der Waals surface area contributed by atoms with Gasteiger partial charge >= 0.3 is 0 Å². The van der Waals surface area contributed by atoms with Crippen LogP contribution in [0.15, 0.2) is 91.5 Å². The Balaban J connectivity index is 1.54. The highest BCUT2D eigenvalue weighted by Gasteiger charge is 2.18. The van der Waals surface area contributed by atoms with Crippen LogP contribution in [0, 0.1) is 0 Å². The van der Waals surface area contributed by atoms with Crippen molar-refractivity contribution in [1.29, 1.82) is 0 Å². The molecule has 30 heavy (non-hydrogen) atoms. The molecule has 0 aliphatic carbocycles. The van der Waals surface area contributed by atoms with E-state index >= 15 is 0 Å². The minimum absolute atomic E-state index is 0.132. The third-order valence-electron chi connectivity index (χ3n) is 4.88. The van der Waals surface area contributed by atoms with Crippen molar-refractivity contribution in [2.45, 2.75) is 12.6 Å². The van der Waals surface area contributed by atoms with E-state index in [1.165, 1.54) is 6.33 Å². The van der Waals surface area contributed by atoms with Crippen LogP contribution in [-0.4, -0.2) is 27.8 Å².